The molecule has 0 spiro atoms. The number of benzene rings is 1. The van der Waals surface area contributed by atoms with Crippen LogP contribution in [0.1, 0.15) is 13.8 Å². The number of fused-ring (bicyclic) bond motifs is 1. The molecule has 1 aromatic carbocycles. The van der Waals surface area contributed by atoms with Gasteiger partial charge in [-0.2, -0.15) is 4.99 Å². The summed E-state index contributed by atoms with van der Waals surface area (Å²) in [5, 5.41) is -0.0720. The molecule has 0 unspecified atom stereocenters. The van der Waals surface area contributed by atoms with E-state index in [1.165, 1.54) is 18.3 Å². The fraction of sp³-hybridized carbons (Fsp3) is 0.308. The Hall–Kier alpha value is -0.920. The normalized spacial score (nSPS) is 12.1. The van der Waals surface area contributed by atoms with Crippen molar-refractivity contribution in [2.45, 2.75) is 20.4 Å². The summed E-state index contributed by atoms with van der Waals surface area (Å²) in [5.74, 6) is -0.185. The lowest BCUT2D eigenvalue weighted by Crippen LogP contribution is -2.16. The van der Waals surface area contributed by atoms with Gasteiger partial charge in [0.25, 0.3) is 5.91 Å². The van der Waals surface area contributed by atoms with Crippen molar-refractivity contribution in [2.24, 2.45) is 4.99 Å². The molecule has 1 heterocycles. The summed E-state index contributed by atoms with van der Waals surface area (Å²) in [5.41, 5.74) is 1.06. The lowest BCUT2D eigenvalue weighted by atomic mass is 10.3. The summed E-state index contributed by atoms with van der Waals surface area (Å²) in [7, 11) is 0. The first-order valence-corrected chi connectivity index (χ1v) is 8.60. The highest BCUT2D eigenvalue weighted by Crippen LogP contribution is 2.22. The molecule has 0 aliphatic heterocycles. The molecular weight excluding hydrogens is 360 g/mol. The van der Waals surface area contributed by atoms with Crippen molar-refractivity contribution in [1.82, 2.24) is 4.57 Å². The van der Waals surface area contributed by atoms with Gasteiger partial charge in [-0.3, -0.25) is 9.59 Å². The van der Waals surface area contributed by atoms with Gasteiger partial charge in [-0.05, 0) is 25.1 Å². The molecule has 0 bridgehead atoms. The van der Waals surface area contributed by atoms with Crippen molar-refractivity contribution in [3.05, 3.63) is 27.5 Å². The zero-order valence-corrected chi connectivity index (χ0v) is 14.3. The van der Waals surface area contributed by atoms with Crippen LogP contribution in [0.5, 0.6) is 0 Å². The highest BCUT2D eigenvalue weighted by atomic mass is 79.9. The van der Waals surface area contributed by atoms with E-state index in [-0.39, 0.29) is 16.8 Å². The molecule has 0 radical (unpaired) electrons. The van der Waals surface area contributed by atoms with Crippen LogP contribution in [0.25, 0.3) is 10.2 Å². The maximum Gasteiger partial charge on any atom is 0.258 e. The smallest absolute Gasteiger partial charge is 0.258 e. The Balaban J connectivity index is 2.42. The van der Waals surface area contributed by atoms with E-state index in [1.807, 2.05) is 29.7 Å². The Morgan fingerprint density at radius 2 is 2.20 bits per heavy atom. The molecule has 0 saturated heterocycles. The van der Waals surface area contributed by atoms with Gasteiger partial charge in [0.1, 0.15) is 0 Å². The van der Waals surface area contributed by atoms with Crippen molar-refractivity contribution < 1.29 is 9.59 Å². The molecule has 0 atom stereocenters. The van der Waals surface area contributed by atoms with Crippen LogP contribution in [-0.2, 0) is 16.1 Å². The summed E-state index contributed by atoms with van der Waals surface area (Å²) >= 11 is 5.90. The maximum absolute atomic E-state index is 11.8. The summed E-state index contributed by atoms with van der Waals surface area (Å²) in [6, 6.07) is 5.99. The number of carbonyl (C=O) groups excluding carboxylic acids is 2. The number of thiazole rings is 1. The topological polar surface area (TPSA) is 51.4 Å². The van der Waals surface area contributed by atoms with Crippen molar-refractivity contribution in [1.29, 1.82) is 0 Å². The quantitative estimate of drug-likeness (QED) is 0.830. The Labute approximate surface area is 133 Å². The molecular formula is C13H13BrN2O2S2. The maximum atomic E-state index is 11.8. The van der Waals surface area contributed by atoms with E-state index < -0.39 is 0 Å². The van der Waals surface area contributed by atoms with E-state index in [0.29, 0.717) is 4.80 Å². The van der Waals surface area contributed by atoms with Gasteiger partial charge < -0.3 is 4.57 Å². The predicted molar refractivity (Wildman–Crippen MR) is 86.9 cm³/mol. The third-order valence-electron chi connectivity index (χ3n) is 2.58. The van der Waals surface area contributed by atoms with Crippen LogP contribution in [0.4, 0.5) is 0 Å². The number of carbonyl (C=O) groups is 2. The Morgan fingerprint density at radius 3 is 2.85 bits per heavy atom. The number of hydrogen-bond donors (Lipinski definition) is 0. The Morgan fingerprint density at radius 1 is 1.45 bits per heavy atom. The van der Waals surface area contributed by atoms with Gasteiger partial charge in [0.05, 0.1) is 16.0 Å². The highest BCUT2D eigenvalue weighted by molar-refractivity contribution is 9.10. The minimum atomic E-state index is -0.280. The number of aryl methyl sites for hydroxylation is 1. The van der Waals surface area contributed by atoms with Gasteiger partial charge in [-0.1, -0.05) is 39.0 Å². The first kappa shape index (κ1) is 15.5. The lowest BCUT2D eigenvalue weighted by Gasteiger charge is -1.99. The number of halogens is 1. The molecule has 20 heavy (non-hydrogen) atoms. The lowest BCUT2D eigenvalue weighted by molar-refractivity contribution is -0.116. The molecule has 2 aromatic rings. The highest BCUT2D eigenvalue weighted by Gasteiger charge is 2.08. The minimum Gasteiger partial charge on any atom is -0.317 e. The van der Waals surface area contributed by atoms with Crippen LogP contribution in [0.2, 0.25) is 0 Å². The number of rotatable bonds is 3. The summed E-state index contributed by atoms with van der Waals surface area (Å²) in [4.78, 5) is 27.4. The molecule has 0 aliphatic rings. The van der Waals surface area contributed by atoms with Crippen molar-refractivity contribution in [3.8, 4) is 0 Å². The number of hydrogen-bond acceptors (Lipinski definition) is 4. The van der Waals surface area contributed by atoms with Crippen LogP contribution < -0.4 is 4.80 Å². The second-order valence-corrected chi connectivity index (χ2v) is 7.10. The van der Waals surface area contributed by atoms with Gasteiger partial charge in [0.15, 0.2) is 9.92 Å². The SMILES string of the molecule is CCn1c(=NC(=O)CSC(C)=O)sc2cc(Br)ccc21. The number of aromatic nitrogens is 1. The monoisotopic (exact) mass is 372 g/mol. The zero-order chi connectivity index (χ0) is 14.7. The Bertz CT molecular complexity index is 734. The molecule has 1 aromatic heterocycles. The first-order valence-electron chi connectivity index (χ1n) is 6.01. The number of nitrogens with zero attached hydrogens (tertiary/aromatic N) is 2. The van der Waals surface area contributed by atoms with Crippen LogP contribution in [0, 0.1) is 0 Å². The largest absolute Gasteiger partial charge is 0.317 e. The molecule has 0 N–H and O–H groups in total. The molecule has 2 rings (SSSR count). The summed E-state index contributed by atoms with van der Waals surface area (Å²) in [6.07, 6.45) is 0. The number of amides is 1. The zero-order valence-electron chi connectivity index (χ0n) is 11.1. The van der Waals surface area contributed by atoms with Crippen LogP contribution in [-0.4, -0.2) is 21.3 Å². The van der Waals surface area contributed by atoms with E-state index in [4.69, 9.17) is 0 Å². The molecule has 106 valence electrons. The van der Waals surface area contributed by atoms with Gasteiger partial charge in [-0.25, -0.2) is 0 Å². The molecule has 0 saturated carbocycles. The van der Waals surface area contributed by atoms with E-state index in [1.54, 1.807) is 0 Å². The molecule has 0 aliphatic carbocycles. The van der Waals surface area contributed by atoms with Crippen molar-refractivity contribution in [3.63, 3.8) is 0 Å². The van der Waals surface area contributed by atoms with E-state index >= 15 is 0 Å². The van der Waals surface area contributed by atoms with E-state index in [9.17, 15) is 9.59 Å². The second-order valence-electron chi connectivity index (χ2n) is 4.03. The van der Waals surface area contributed by atoms with Crippen LogP contribution >= 0.6 is 39.0 Å². The minimum absolute atomic E-state index is 0.0720. The third kappa shape index (κ3) is 3.59. The number of thioether (sulfide) groups is 1. The van der Waals surface area contributed by atoms with Crippen LogP contribution in [0.15, 0.2) is 27.7 Å². The molecule has 0 fully saturated rings. The first-order chi connectivity index (χ1) is 9.51. The third-order valence-corrected chi connectivity index (χ3v) is 4.91. The molecule has 4 nitrogen and oxygen atoms in total. The van der Waals surface area contributed by atoms with Crippen LogP contribution in [0.3, 0.4) is 0 Å². The predicted octanol–water partition coefficient (Wildman–Crippen LogP) is 3.19. The summed E-state index contributed by atoms with van der Waals surface area (Å²) in [6.45, 7) is 4.21. The van der Waals surface area contributed by atoms with E-state index in [0.717, 1.165) is 33.0 Å². The average Bonchev–Trinajstić information content (AvgIpc) is 2.72. The van der Waals surface area contributed by atoms with Gasteiger partial charge >= 0.3 is 0 Å². The van der Waals surface area contributed by atoms with Crippen molar-refractivity contribution in [2.75, 3.05) is 5.75 Å². The fourth-order valence-electron chi connectivity index (χ4n) is 1.74. The van der Waals surface area contributed by atoms with Gasteiger partial charge in [0.2, 0.25) is 0 Å². The van der Waals surface area contributed by atoms with Gasteiger partial charge in [-0.15, -0.1) is 0 Å². The standard InChI is InChI=1S/C13H13BrN2O2S2/c1-3-16-10-5-4-9(14)6-11(10)20-13(16)15-12(18)7-19-8(2)17/h4-6H,3,7H2,1-2H3. The van der Waals surface area contributed by atoms with Gasteiger partial charge in [0, 0.05) is 17.9 Å². The second kappa shape index (κ2) is 6.69. The molecule has 7 heteroatoms. The Kier molecular flexibility index (Phi) is 5.17. The average molecular weight is 373 g/mol. The molecule has 1 amide bonds. The fourth-order valence-corrected chi connectivity index (χ4v) is 3.79. The van der Waals surface area contributed by atoms with Crippen molar-refractivity contribution >= 4 is 60.3 Å². The summed E-state index contributed by atoms with van der Waals surface area (Å²) < 4.78 is 4.08. The van der Waals surface area contributed by atoms with E-state index in [2.05, 4.69) is 20.9 Å².